The molecule has 1 aromatic heterocycles. The average molecular weight is 344 g/mol. The predicted molar refractivity (Wildman–Crippen MR) is 95.3 cm³/mol. The van der Waals surface area contributed by atoms with Gasteiger partial charge in [-0.2, -0.15) is 0 Å². The molecule has 5 nitrogen and oxygen atoms in total. The number of hydrogen-bond acceptors (Lipinski definition) is 4. The Morgan fingerprint density at radius 2 is 1.92 bits per heavy atom. The van der Waals surface area contributed by atoms with Gasteiger partial charge in [-0.3, -0.25) is 0 Å². The Labute approximate surface area is 141 Å². The van der Waals surface area contributed by atoms with Crippen molar-refractivity contribution in [2.75, 3.05) is 13.3 Å². The number of benzene rings is 2. The molecule has 0 saturated carbocycles. The van der Waals surface area contributed by atoms with Crippen LogP contribution in [0, 0.1) is 0 Å². The lowest BCUT2D eigenvalue weighted by atomic mass is 10.2. The third kappa shape index (κ3) is 3.29. The van der Waals surface area contributed by atoms with Gasteiger partial charge in [-0.05, 0) is 43.4 Å². The van der Waals surface area contributed by atoms with Crippen molar-refractivity contribution < 1.29 is 13.2 Å². The first kappa shape index (κ1) is 16.5. The van der Waals surface area contributed by atoms with Crippen LogP contribution in [0.4, 0.5) is 0 Å². The molecule has 0 bridgehead atoms. The van der Waals surface area contributed by atoms with Crippen LogP contribution >= 0.6 is 0 Å². The standard InChI is InChI=1S/C18H20N2O3S/c1-19-12-14-4-6-16(24(3,21)22)11-18(14)23-15-5-7-17-13(10-15)8-9-20(17)2/h4-11,19H,12H2,1-3H3. The maximum absolute atomic E-state index is 11.8. The van der Waals surface area contributed by atoms with Crippen molar-refractivity contribution in [3.8, 4) is 11.5 Å². The Kier molecular flexibility index (Phi) is 4.34. The Bertz CT molecular complexity index is 991. The molecule has 1 heterocycles. The molecule has 0 saturated heterocycles. The minimum absolute atomic E-state index is 0.248. The van der Waals surface area contributed by atoms with Crippen LogP contribution < -0.4 is 10.1 Å². The van der Waals surface area contributed by atoms with Gasteiger partial charge in [-0.1, -0.05) is 6.07 Å². The molecular weight excluding hydrogens is 324 g/mol. The molecule has 0 unspecified atom stereocenters. The first-order valence-electron chi connectivity index (χ1n) is 7.59. The topological polar surface area (TPSA) is 60.3 Å². The van der Waals surface area contributed by atoms with Crippen LogP contribution in [-0.2, 0) is 23.4 Å². The maximum atomic E-state index is 11.8. The second kappa shape index (κ2) is 6.30. The quantitative estimate of drug-likeness (QED) is 0.773. The normalized spacial score (nSPS) is 11.8. The second-order valence-corrected chi connectivity index (χ2v) is 7.84. The van der Waals surface area contributed by atoms with Crippen molar-refractivity contribution in [3.05, 3.63) is 54.2 Å². The third-order valence-corrected chi connectivity index (χ3v) is 5.03. The summed E-state index contributed by atoms with van der Waals surface area (Å²) >= 11 is 0. The third-order valence-electron chi connectivity index (χ3n) is 3.92. The van der Waals surface area contributed by atoms with Gasteiger partial charge in [0.1, 0.15) is 11.5 Å². The van der Waals surface area contributed by atoms with E-state index >= 15 is 0 Å². The summed E-state index contributed by atoms with van der Waals surface area (Å²) in [5.41, 5.74) is 2.01. The Hall–Kier alpha value is -2.31. The van der Waals surface area contributed by atoms with Gasteiger partial charge in [0.15, 0.2) is 9.84 Å². The van der Waals surface area contributed by atoms with E-state index in [2.05, 4.69) is 5.32 Å². The van der Waals surface area contributed by atoms with E-state index in [0.29, 0.717) is 18.0 Å². The van der Waals surface area contributed by atoms with Crippen LogP contribution in [-0.4, -0.2) is 26.3 Å². The average Bonchev–Trinajstić information content (AvgIpc) is 2.89. The molecule has 0 aliphatic heterocycles. The number of fused-ring (bicyclic) bond motifs is 1. The van der Waals surface area contributed by atoms with Gasteiger partial charge in [-0.15, -0.1) is 0 Å². The Morgan fingerprint density at radius 3 is 2.62 bits per heavy atom. The highest BCUT2D eigenvalue weighted by Gasteiger charge is 2.13. The zero-order valence-corrected chi connectivity index (χ0v) is 14.7. The van der Waals surface area contributed by atoms with Crippen molar-refractivity contribution in [2.24, 2.45) is 7.05 Å². The summed E-state index contributed by atoms with van der Waals surface area (Å²) in [6.45, 7) is 0.590. The van der Waals surface area contributed by atoms with Crippen LogP contribution in [0.3, 0.4) is 0 Å². The summed E-state index contributed by atoms with van der Waals surface area (Å²) in [7, 11) is 0.543. The van der Waals surface area contributed by atoms with Crippen molar-refractivity contribution in [3.63, 3.8) is 0 Å². The van der Waals surface area contributed by atoms with Crippen molar-refractivity contribution in [1.82, 2.24) is 9.88 Å². The molecule has 24 heavy (non-hydrogen) atoms. The Morgan fingerprint density at radius 1 is 1.12 bits per heavy atom. The fourth-order valence-electron chi connectivity index (χ4n) is 2.65. The van der Waals surface area contributed by atoms with Crippen LogP contribution in [0.5, 0.6) is 11.5 Å². The lowest BCUT2D eigenvalue weighted by Gasteiger charge is -2.13. The molecule has 126 valence electrons. The monoisotopic (exact) mass is 344 g/mol. The molecule has 0 spiro atoms. The smallest absolute Gasteiger partial charge is 0.175 e. The van der Waals surface area contributed by atoms with Crippen molar-refractivity contribution in [2.45, 2.75) is 11.4 Å². The molecular formula is C18H20N2O3S. The highest BCUT2D eigenvalue weighted by Crippen LogP contribution is 2.30. The van der Waals surface area contributed by atoms with Crippen LogP contribution in [0.15, 0.2) is 53.6 Å². The van der Waals surface area contributed by atoms with Gasteiger partial charge in [-0.25, -0.2) is 8.42 Å². The van der Waals surface area contributed by atoms with Crippen LogP contribution in [0.25, 0.3) is 10.9 Å². The van der Waals surface area contributed by atoms with E-state index < -0.39 is 9.84 Å². The number of aryl methyl sites for hydroxylation is 1. The van der Waals surface area contributed by atoms with E-state index in [-0.39, 0.29) is 4.90 Å². The van der Waals surface area contributed by atoms with Crippen molar-refractivity contribution >= 4 is 20.7 Å². The summed E-state index contributed by atoms with van der Waals surface area (Å²) in [5.74, 6) is 1.22. The largest absolute Gasteiger partial charge is 0.457 e. The fourth-order valence-corrected chi connectivity index (χ4v) is 3.28. The summed E-state index contributed by atoms with van der Waals surface area (Å²) in [6, 6.07) is 12.8. The zero-order chi connectivity index (χ0) is 17.3. The molecule has 1 N–H and O–H groups in total. The summed E-state index contributed by atoms with van der Waals surface area (Å²) in [5, 5.41) is 4.14. The molecule has 6 heteroatoms. The predicted octanol–water partition coefficient (Wildman–Crippen LogP) is 3.09. The minimum atomic E-state index is -3.28. The highest BCUT2D eigenvalue weighted by molar-refractivity contribution is 7.90. The van der Waals surface area contributed by atoms with Crippen LogP contribution in [0.2, 0.25) is 0 Å². The fraction of sp³-hybridized carbons (Fsp3) is 0.222. The summed E-state index contributed by atoms with van der Waals surface area (Å²) < 4.78 is 31.7. The first-order valence-corrected chi connectivity index (χ1v) is 9.48. The minimum Gasteiger partial charge on any atom is -0.457 e. The molecule has 3 rings (SSSR count). The zero-order valence-electron chi connectivity index (χ0n) is 13.9. The molecule has 0 atom stereocenters. The number of ether oxygens (including phenoxy) is 1. The van der Waals surface area contributed by atoms with Gasteiger partial charge >= 0.3 is 0 Å². The molecule has 0 radical (unpaired) electrons. The maximum Gasteiger partial charge on any atom is 0.175 e. The molecule has 3 aromatic rings. The number of hydrogen-bond donors (Lipinski definition) is 1. The van der Waals surface area contributed by atoms with Gasteiger partial charge < -0.3 is 14.6 Å². The van der Waals surface area contributed by atoms with Crippen LogP contribution in [0.1, 0.15) is 5.56 Å². The number of aromatic nitrogens is 1. The van der Waals surface area contributed by atoms with Gasteiger partial charge in [0.2, 0.25) is 0 Å². The molecule has 0 fully saturated rings. The number of rotatable bonds is 5. The van der Waals surface area contributed by atoms with Gasteiger partial charge in [0.05, 0.1) is 4.90 Å². The highest BCUT2D eigenvalue weighted by atomic mass is 32.2. The van der Waals surface area contributed by atoms with Gasteiger partial charge in [0.25, 0.3) is 0 Å². The van der Waals surface area contributed by atoms with E-state index in [0.717, 1.165) is 16.5 Å². The Balaban J connectivity index is 2.02. The number of nitrogens with zero attached hydrogens (tertiary/aromatic N) is 1. The summed E-state index contributed by atoms with van der Waals surface area (Å²) in [6.07, 6.45) is 3.19. The van der Waals surface area contributed by atoms with E-state index in [4.69, 9.17) is 4.74 Å². The van der Waals surface area contributed by atoms with E-state index in [1.807, 2.05) is 49.1 Å². The van der Waals surface area contributed by atoms with E-state index in [9.17, 15) is 8.42 Å². The van der Waals surface area contributed by atoms with E-state index in [1.165, 1.54) is 6.26 Å². The first-order chi connectivity index (χ1) is 11.4. The lowest BCUT2D eigenvalue weighted by Crippen LogP contribution is -2.07. The second-order valence-electron chi connectivity index (χ2n) is 5.82. The number of sulfone groups is 1. The molecule has 0 aliphatic carbocycles. The molecule has 2 aromatic carbocycles. The molecule has 0 aliphatic rings. The van der Waals surface area contributed by atoms with Crippen molar-refractivity contribution in [1.29, 1.82) is 0 Å². The molecule has 0 amide bonds. The SMILES string of the molecule is CNCc1ccc(S(C)(=O)=O)cc1Oc1ccc2c(ccn2C)c1. The van der Waals surface area contributed by atoms with E-state index in [1.54, 1.807) is 18.2 Å². The lowest BCUT2D eigenvalue weighted by molar-refractivity contribution is 0.473. The number of nitrogens with one attached hydrogen (secondary N) is 1. The van der Waals surface area contributed by atoms with Gasteiger partial charge in [0, 0.05) is 42.5 Å². The summed E-state index contributed by atoms with van der Waals surface area (Å²) in [4.78, 5) is 0.248.